The summed E-state index contributed by atoms with van der Waals surface area (Å²) >= 11 is 0. The van der Waals surface area contributed by atoms with Crippen molar-refractivity contribution >= 4 is 5.91 Å². The summed E-state index contributed by atoms with van der Waals surface area (Å²) in [7, 11) is 1.48. The fourth-order valence-corrected chi connectivity index (χ4v) is 2.57. The number of methoxy groups -OCH3 is 1. The summed E-state index contributed by atoms with van der Waals surface area (Å²) in [5.41, 5.74) is 1.92. The number of amides is 1. The van der Waals surface area contributed by atoms with E-state index in [0.717, 1.165) is 0 Å². The Morgan fingerprint density at radius 1 is 1.17 bits per heavy atom. The van der Waals surface area contributed by atoms with Crippen LogP contribution in [0.1, 0.15) is 22.8 Å². The molecule has 0 fully saturated rings. The smallest absolute Gasteiger partial charge is 0.253 e. The molecule has 0 aliphatic carbocycles. The number of ether oxygens (including phenoxy) is 2. The van der Waals surface area contributed by atoms with Gasteiger partial charge in [0.25, 0.3) is 5.91 Å². The molecular formula is C20H20FN5O3. The topological polar surface area (TPSA) is 99.1 Å². The fraction of sp³-hybridized carbons (Fsp3) is 0.250. The lowest BCUT2D eigenvalue weighted by Crippen LogP contribution is -2.26. The highest BCUT2D eigenvalue weighted by molar-refractivity contribution is 5.94. The first-order chi connectivity index (χ1) is 14.1. The molecule has 0 spiro atoms. The molecule has 0 unspecified atom stereocenters. The molecule has 150 valence electrons. The van der Waals surface area contributed by atoms with E-state index < -0.39 is 5.95 Å². The molecule has 0 saturated carbocycles. The number of carbonyl (C=O) groups is 1. The van der Waals surface area contributed by atoms with Crippen LogP contribution < -0.4 is 14.8 Å². The summed E-state index contributed by atoms with van der Waals surface area (Å²) in [6, 6.07) is 6.69. The predicted octanol–water partition coefficient (Wildman–Crippen LogP) is 2.45. The van der Waals surface area contributed by atoms with Crippen molar-refractivity contribution < 1.29 is 18.7 Å². The van der Waals surface area contributed by atoms with E-state index >= 15 is 0 Å². The Bertz CT molecular complexity index is 982. The van der Waals surface area contributed by atoms with Crippen LogP contribution in [0.15, 0.2) is 42.9 Å². The molecule has 3 aromatic heterocycles. The van der Waals surface area contributed by atoms with Gasteiger partial charge in [0.15, 0.2) is 0 Å². The highest BCUT2D eigenvalue weighted by Gasteiger charge is 2.11. The van der Waals surface area contributed by atoms with E-state index in [9.17, 15) is 9.18 Å². The number of rotatable bonds is 8. The van der Waals surface area contributed by atoms with E-state index in [2.05, 4.69) is 25.5 Å². The van der Waals surface area contributed by atoms with Crippen LogP contribution in [0.5, 0.6) is 11.6 Å². The van der Waals surface area contributed by atoms with Crippen LogP contribution in [-0.2, 0) is 6.42 Å². The van der Waals surface area contributed by atoms with Gasteiger partial charge in [-0.05, 0) is 31.5 Å². The molecule has 0 atom stereocenters. The molecule has 1 N–H and O–H groups in total. The summed E-state index contributed by atoms with van der Waals surface area (Å²) in [5.74, 6) is 0.0456. The van der Waals surface area contributed by atoms with Gasteiger partial charge in [-0.3, -0.25) is 4.79 Å². The normalized spacial score (nSPS) is 10.4. The Hall–Kier alpha value is -3.62. The van der Waals surface area contributed by atoms with Crippen LogP contribution in [0.2, 0.25) is 0 Å². The molecule has 8 nitrogen and oxygen atoms in total. The van der Waals surface area contributed by atoms with Gasteiger partial charge in [-0.25, -0.2) is 9.97 Å². The van der Waals surface area contributed by atoms with Crippen molar-refractivity contribution in [2.24, 2.45) is 0 Å². The van der Waals surface area contributed by atoms with Gasteiger partial charge in [0.05, 0.1) is 37.4 Å². The summed E-state index contributed by atoms with van der Waals surface area (Å²) in [4.78, 5) is 20.2. The minimum atomic E-state index is -0.587. The zero-order valence-electron chi connectivity index (χ0n) is 16.1. The Kier molecular flexibility index (Phi) is 6.62. The Balaban J connectivity index is 1.63. The van der Waals surface area contributed by atoms with E-state index in [1.165, 1.54) is 19.5 Å². The van der Waals surface area contributed by atoms with Crippen LogP contribution >= 0.6 is 0 Å². The molecule has 1 amide bonds. The van der Waals surface area contributed by atoms with Crippen LogP contribution in [0.25, 0.3) is 11.3 Å². The van der Waals surface area contributed by atoms with Crippen LogP contribution in [0, 0.1) is 5.95 Å². The number of pyridine rings is 2. The average molecular weight is 397 g/mol. The lowest BCUT2D eigenvalue weighted by molar-refractivity contribution is 0.0953. The van der Waals surface area contributed by atoms with Crippen LogP contribution in [-0.4, -0.2) is 46.3 Å². The monoisotopic (exact) mass is 397 g/mol. The third-order valence-corrected chi connectivity index (χ3v) is 4.04. The van der Waals surface area contributed by atoms with E-state index in [-0.39, 0.29) is 18.9 Å². The van der Waals surface area contributed by atoms with Crippen molar-refractivity contribution in [1.29, 1.82) is 0 Å². The molecule has 0 radical (unpaired) electrons. The summed E-state index contributed by atoms with van der Waals surface area (Å²) in [6.07, 6.45) is 4.55. The standard InChI is InChI=1S/C20H20FN5O3/c1-3-29-18-5-4-14(10-23-18)17-9-15(11-25-26-17)20(27)22-7-6-13-8-16(28-2)12-24-19(13)21/h4-5,8-12H,3,6-7H2,1-2H3,(H,22,27). The third kappa shape index (κ3) is 5.22. The summed E-state index contributed by atoms with van der Waals surface area (Å²) in [5, 5.41) is 10.7. The Morgan fingerprint density at radius 2 is 2.03 bits per heavy atom. The third-order valence-electron chi connectivity index (χ3n) is 4.04. The van der Waals surface area contributed by atoms with Gasteiger partial charge in [0, 0.05) is 29.9 Å². The molecule has 0 bridgehead atoms. The predicted molar refractivity (Wildman–Crippen MR) is 103 cm³/mol. The van der Waals surface area contributed by atoms with Gasteiger partial charge in [-0.15, -0.1) is 0 Å². The first kappa shape index (κ1) is 20.1. The number of aromatic nitrogens is 4. The van der Waals surface area contributed by atoms with Gasteiger partial charge in [0.1, 0.15) is 5.75 Å². The Morgan fingerprint density at radius 3 is 2.76 bits per heavy atom. The van der Waals surface area contributed by atoms with Crippen molar-refractivity contribution in [2.75, 3.05) is 20.3 Å². The lowest BCUT2D eigenvalue weighted by atomic mass is 10.1. The number of hydrogen-bond donors (Lipinski definition) is 1. The zero-order valence-corrected chi connectivity index (χ0v) is 16.1. The quantitative estimate of drug-likeness (QED) is 0.583. The number of carbonyl (C=O) groups excluding carboxylic acids is 1. The molecule has 0 aliphatic heterocycles. The first-order valence-corrected chi connectivity index (χ1v) is 8.99. The molecule has 29 heavy (non-hydrogen) atoms. The molecule has 3 rings (SSSR count). The van der Waals surface area contributed by atoms with E-state index in [1.807, 2.05) is 6.92 Å². The maximum atomic E-state index is 13.8. The average Bonchev–Trinajstić information content (AvgIpc) is 2.76. The SMILES string of the molecule is CCOc1ccc(-c2cc(C(=O)NCCc3cc(OC)cnc3F)cnn2)cn1. The molecule has 9 heteroatoms. The molecule has 3 heterocycles. The van der Waals surface area contributed by atoms with E-state index in [0.29, 0.717) is 40.6 Å². The van der Waals surface area contributed by atoms with Crippen molar-refractivity contribution in [1.82, 2.24) is 25.5 Å². The second-order valence-corrected chi connectivity index (χ2v) is 5.98. The summed E-state index contributed by atoms with van der Waals surface area (Å²) < 4.78 is 24.1. The lowest BCUT2D eigenvalue weighted by Gasteiger charge is -2.08. The molecule has 0 aromatic carbocycles. The molecule has 0 saturated heterocycles. The maximum Gasteiger partial charge on any atom is 0.253 e. The van der Waals surface area contributed by atoms with Crippen molar-refractivity contribution in [3.05, 3.63) is 59.9 Å². The van der Waals surface area contributed by atoms with Gasteiger partial charge in [-0.1, -0.05) is 0 Å². The van der Waals surface area contributed by atoms with E-state index in [4.69, 9.17) is 9.47 Å². The van der Waals surface area contributed by atoms with Crippen LogP contribution in [0.4, 0.5) is 4.39 Å². The van der Waals surface area contributed by atoms with E-state index in [1.54, 1.807) is 30.5 Å². The van der Waals surface area contributed by atoms with Gasteiger partial charge >= 0.3 is 0 Å². The minimum Gasteiger partial charge on any atom is -0.495 e. The summed E-state index contributed by atoms with van der Waals surface area (Å²) in [6.45, 7) is 2.63. The number of nitrogens with zero attached hydrogens (tertiary/aromatic N) is 4. The van der Waals surface area contributed by atoms with Crippen molar-refractivity contribution in [3.8, 4) is 22.9 Å². The molecular weight excluding hydrogens is 377 g/mol. The number of halogens is 1. The highest BCUT2D eigenvalue weighted by atomic mass is 19.1. The van der Waals surface area contributed by atoms with Gasteiger partial charge in [0.2, 0.25) is 11.8 Å². The van der Waals surface area contributed by atoms with Crippen LogP contribution in [0.3, 0.4) is 0 Å². The number of nitrogens with one attached hydrogen (secondary N) is 1. The second kappa shape index (κ2) is 9.54. The van der Waals surface area contributed by atoms with Crippen molar-refractivity contribution in [3.63, 3.8) is 0 Å². The highest BCUT2D eigenvalue weighted by Crippen LogP contribution is 2.19. The second-order valence-electron chi connectivity index (χ2n) is 5.98. The maximum absolute atomic E-state index is 13.8. The fourth-order valence-electron chi connectivity index (χ4n) is 2.57. The first-order valence-electron chi connectivity index (χ1n) is 8.99. The van der Waals surface area contributed by atoms with Gasteiger partial charge < -0.3 is 14.8 Å². The largest absolute Gasteiger partial charge is 0.495 e. The minimum absolute atomic E-state index is 0.229. The van der Waals surface area contributed by atoms with Gasteiger partial charge in [-0.2, -0.15) is 14.6 Å². The zero-order chi connectivity index (χ0) is 20.6. The Labute approximate surface area is 167 Å². The van der Waals surface area contributed by atoms with Crippen molar-refractivity contribution in [2.45, 2.75) is 13.3 Å². The molecule has 3 aromatic rings. The number of hydrogen-bond acceptors (Lipinski definition) is 7. The molecule has 0 aliphatic rings.